The molecule has 0 aromatic rings. The number of aliphatic imine (C=N–C) groups is 1. The first-order valence-corrected chi connectivity index (χ1v) is 5.02. The van der Waals surface area contributed by atoms with Gasteiger partial charge in [-0.15, -0.1) is 0 Å². The number of hydrogen-bond donors (Lipinski definition) is 2. The maximum Gasteiger partial charge on any atom is 0.308 e. The number of hydrogen-bond acceptors (Lipinski definition) is 6. The van der Waals surface area contributed by atoms with E-state index in [4.69, 9.17) is 16.2 Å². The van der Waals surface area contributed by atoms with Crippen LogP contribution < -0.4 is 11.5 Å². The standard InChI is InChI=1S/C9H16N4O3/c1-12-9(7(5-11)13(14)15)8-3-2-6(4-10)16-8/h5-6,8H,2-4,10-11H2,1H3. The van der Waals surface area contributed by atoms with Crippen molar-refractivity contribution in [3.8, 4) is 0 Å². The van der Waals surface area contributed by atoms with Gasteiger partial charge in [0.2, 0.25) is 0 Å². The van der Waals surface area contributed by atoms with Gasteiger partial charge < -0.3 is 16.2 Å². The molecule has 7 nitrogen and oxygen atoms in total. The van der Waals surface area contributed by atoms with Crippen molar-refractivity contribution in [2.45, 2.75) is 25.0 Å². The fourth-order valence-corrected chi connectivity index (χ4v) is 1.74. The molecule has 0 bridgehead atoms. The van der Waals surface area contributed by atoms with Crippen LogP contribution in [0.15, 0.2) is 16.9 Å². The van der Waals surface area contributed by atoms with E-state index in [1.54, 1.807) is 0 Å². The van der Waals surface area contributed by atoms with Crippen LogP contribution in [0.25, 0.3) is 0 Å². The Bertz CT molecular complexity index is 327. The minimum Gasteiger partial charge on any atom is -0.399 e. The lowest BCUT2D eigenvalue weighted by Gasteiger charge is -2.12. The van der Waals surface area contributed by atoms with E-state index in [-0.39, 0.29) is 23.6 Å². The zero-order valence-corrected chi connectivity index (χ0v) is 9.13. The molecule has 2 atom stereocenters. The van der Waals surface area contributed by atoms with Crippen molar-refractivity contribution >= 4 is 5.71 Å². The largest absolute Gasteiger partial charge is 0.399 e. The molecule has 1 fully saturated rings. The van der Waals surface area contributed by atoms with Crippen molar-refractivity contribution < 1.29 is 9.66 Å². The molecule has 0 saturated carbocycles. The Morgan fingerprint density at radius 3 is 2.75 bits per heavy atom. The molecule has 1 aliphatic heterocycles. The summed E-state index contributed by atoms with van der Waals surface area (Å²) in [4.78, 5) is 14.1. The Labute approximate surface area is 93.3 Å². The van der Waals surface area contributed by atoms with Crippen molar-refractivity contribution in [2.24, 2.45) is 16.5 Å². The minimum absolute atomic E-state index is 0.0486. The molecule has 2 unspecified atom stereocenters. The van der Waals surface area contributed by atoms with E-state index in [1.165, 1.54) is 7.05 Å². The average molecular weight is 228 g/mol. The molecule has 0 aliphatic carbocycles. The van der Waals surface area contributed by atoms with E-state index in [0.29, 0.717) is 13.0 Å². The molecule has 1 saturated heterocycles. The highest BCUT2D eigenvalue weighted by Gasteiger charge is 2.34. The van der Waals surface area contributed by atoms with E-state index in [1.807, 2.05) is 0 Å². The Morgan fingerprint density at radius 2 is 2.38 bits per heavy atom. The van der Waals surface area contributed by atoms with Gasteiger partial charge in [-0.1, -0.05) is 0 Å². The summed E-state index contributed by atoms with van der Waals surface area (Å²) in [5, 5.41) is 10.7. The van der Waals surface area contributed by atoms with Crippen molar-refractivity contribution in [1.82, 2.24) is 0 Å². The van der Waals surface area contributed by atoms with Gasteiger partial charge in [-0.05, 0) is 12.8 Å². The zero-order chi connectivity index (χ0) is 12.1. The van der Waals surface area contributed by atoms with Crippen molar-refractivity contribution in [3.05, 3.63) is 22.0 Å². The predicted octanol–water partition coefficient (Wildman–Crippen LogP) is -0.360. The summed E-state index contributed by atoms with van der Waals surface area (Å²) in [6.07, 6.45) is 1.99. The van der Waals surface area contributed by atoms with Gasteiger partial charge in [0.25, 0.3) is 0 Å². The first-order chi connectivity index (χ1) is 7.63. The van der Waals surface area contributed by atoms with Crippen LogP contribution in [0.3, 0.4) is 0 Å². The highest BCUT2D eigenvalue weighted by Crippen LogP contribution is 2.22. The van der Waals surface area contributed by atoms with Gasteiger partial charge >= 0.3 is 5.70 Å². The molecule has 0 radical (unpaired) electrons. The second-order valence-electron chi connectivity index (χ2n) is 3.48. The van der Waals surface area contributed by atoms with Crippen molar-refractivity contribution in [1.29, 1.82) is 0 Å². The summed E-state index contributed by atoms with van der Waals surface area (Å²) in [5.74, 6) is 0. The third-order valence-corrected chi connectivity index (χ3v) is 2.53. The summed E-state index contributed by atoms with van der Waals surface area (Å²) >= 11 is 0. The lowest BCUT2D eigenvalue weighted by Crippen LogP contribution is -2.29. The third-order valence-electron chi connectivity index (χ3n) is 2.53. The van der Waals surface area contributed by atoms with Crippen LogP contribution in [0, 0.1) is 10.1 Å². The lowest BCUT2D eigenvalue weighted by atomic mass is 10.1. The summed E-state index contributed by atoms with van der Waals surface area (Å²) in [6, 6.07) is 0. The minimum atomic E-state index is -0.554. The Balaban J connectivity index is 2.81. The van der Waals surface area contributed by atoms with Gasteiger partial charge in [0.05, 0.1) is 17.2 Å². The molecule has 0 aromatic carbocycles. The van der Waals surface area contributed by atoms with Gasteiger partial charge in [-0.2, -0.15) is 0 Å². The first kappa shape index (κ1) is 12.6. The van der Waals surface area contributed by atoms with Gasteiger partial charge in [-0.3, -0.25) is 15.1 Å². The van der Waals surface area contributed by atoms with Crippen molar-refractivity contribution in [2.75, 3.05) is 13.6 Å². The third kappa shape index (κ3) is 2.56. The number of nitrogens with two attached hydrogens (primary N) is 2. The summed E-state index contributed by atoms with van der Waals surface area (Å²) < 4.78 is 5.54. The second kappa shape index (κ2) is 5.57. The molecular formula is C9H16N4O3. The maximum absolute atomic E-state index is 10.7. The smallest absolute Gasteiger partial charge is 0.308 e. The van der Waals surface area contributed by atoms with E-state index < -0.39 is 4.92 Å². The van der Waals surface area contributed by atoms with Crippen LogP contribution in [-0.2, 0) is 4.74 Å². The maximum atomic E-state index is 10.7. The van der Waals surface area contributed by atoms with Crippen LogP contribution in [0.4, 0.5) is 0 Å². The Kier molecular flexibility index (Phi) is 4.39. The molecule has 1 heterocycles. The molecule has 1 aliphatic rings. The molecular weight excluding hydrogens is 212 g/mol. The highest BCUT2D eigenvalue weighted by molar-refractivity contribution is 6.01. The number of rotatable bonds is 4. The molecule has 1 rings (SSSR count). The van der Waals surface area contributed by atoms with Gasteiger partial charge in [0.15, 0.2) is 0 Å². The van der Waals surface area contributed by atoms with Crippen molar-refractivity contribution in [3.63, 3.8) is 0 Å². The van der Waals surface area contributed by atoms with E-state index in [2.05, 4.69) is 4.99 Å². The molecule has 0 amide bonds. The molecule has 0 aromatic heterocycles. The predicted molar refractivity (Wildman–Crippen MR) is 59.6 cm³/mol. The number of ether oxygens (including phenoxy) is 1. The van der Waals surface area contributed by atoms with Gasteiger partial charge in [0, 0.05) is 13.6 Å². The van der Waals surface area contributed by atoms with E-state index in [0.717, 1.165) is 12.6 Å². The number of nitro groups is 1. The topological polar surface area (TPSA) is 117 Å². The summed E-state index contributed by atoms with van der Waals surface area (Å²) in [5.41, 5.74) is 10.8. The van der Waals surface area contributed by atoms with Crippen LogP contribution >= 0.6 is 0 Å². The van der Waals surface area contributed by atoms with Crippen LogP contribution in [-0.4, -0.2) is 36.4 Å². The number of nitrogens with zero attached hydrogens (tertiary/aromatic N) is 2. The van der Waals surface area contributed by atoms with Gasteiger partial charge in [-0.25, -0.2) is 0 Å². The zero-order valence-electron chi connectivity index (χ0n) is 9.13. The highest BCUT2D eigenvalue weighted by atomic mass is 16.6. The molecule has 90 valence electrons. The summed E-state index contributed by atoms with van der Waals surface area (Å²) in [7, 11) is 1.49. The quantitative estimate of drug-likeness (QED) is 0.387. The fraction of sp³-hybridized carbons (Fsp3) is 0.667. The van der Waals surface area contributed by atoms with Crippen LogP contribution in [0.5, 0.6) is 0 Å². The van der Waals surface area contributed by atoms with Gasteiger partial charge in [0.1, 0.15) is 11.8 Å². The fourth-order valence-electron chi connectivity index (χ4n) is 1.74. The second-order valence-corrected chi connectivity index (χ2v) is 3.48. The molecule has 0 spiro atoms. The molecule has 4 N–H and O–H groups in total. The van der Waals surface area contributed by atoms with E-state index in [9.17, 15) is 10.1 Å². The van der Waals surface area contributed by atoms with E-state index >= 15 is 0 Å². The van der Waals surface area contributed by atoms with Crippen LogP contribution in [0.1, 0.15) is 12.8 Å². The monoisotopic (exact) mass is 228 g/mol. The normalized spacial score (nSPS) is 27.1. The molecule has 16 heavy (non-hydrogen) atoms. The first-order valence-electron chi connectivity index (χ1n) is 5.02. The SMILES string of the molecule is CN=C(C(=CN)[N+](=O)[O-])C1CCC(CN)O1. The Hall–Kier alpha value is -1.47. The average Bonchev–Trinajstić information content (AvgIpc) is 2.73. The molecule has 7 heteroatoms. The summed E-state index contributed by atoms with van der Waals surface area (Å²) in [6.45, 7) is 0.410. The van der Waals surface area contributed by atoms with Crippen LogP contribution in [0.2, 0.25) is 0 Å². The Morgan fingerprint density at radius 1 is 1.69 bits per heavy atom. The lowest BCUT2D eigenvalue weighted by molar-refractivity contribution is -0.415.